The molecule has 10 heteroatoms. The van der Waals surface area contributed by atoms with E-state index in [4.69, 9.17) is 17.0 Å². The maximum atomic E-state index is 12.6. The Labute approximate surface area is 209 Å². The summed E-state index contributed by atoms with van der Waals surface area (Å²) in [7, 11) is 0. The molecule has 1 atom stereocenters. The Kier molecular flexibility index (Phi) is 6.57. The number of alkyl halides is 1. The van der Waals surface area contributed by atoms with Crippen molar-refractivity contribution in [1.29, 1.82) is 5.26 Å². The maximum Gasteiger partial charge on any atom is 0.213 e. The van der Waals surface area contributed by atoms with Gasteiger partial charge in [0.2, 0.25) is 5.88 Å². The molecular formula is C25H29FN6O2S. The van der Waals surface area contributed by atoms with Crippen LogP contribution in [0.25, 0.3) is 0 Å². The van der Waals surface area contributed by atoms with E-state index < -0.39 is 11.8 Å². The fourth-order valence-corrected chi connectivity index (χ4v) is 5.82. The van der Waals surface area contributed by atoms with Gasteiger partial charge in [-0.15, -0.1) is 0 Å². The van der Waals surface area contributed by atoms with Gasteiger partial charge >= 0.3 is 0 Å². The number of piperidine rings is 1. The van der Waals surface area contributed by atoms with Gasteiger partial charge in [0.25, 0.3) is 0 Å². The highest BCUT2D eigenvalue weighted by atomic mass is 32.1. The number of aliphatic hydroxyl groups excluding tert-OH is 1. The summed E-state index contributed by atoms with van der Waals surface area (Å²) in [6.45, 7) is 3.65. The third-order valence-electron chi connectivity index (χ3n) is 7.44. The topological polar surface area (TPSA) is 88.8 Å². The Morgan fingerprint density at radius 2 is 1.97 bits per heavy atom. The third kappa shape index (κ3) is 4.22. The zero-order valence-electron chi connectivity index (χ0n) is 19.7. The first-order valence-corrected chi connectivity index (χ1v) is 12.5. The van der Waals surface area contributed by atoms with Gasteiger partial charge in [-0.25, -0.2) is 14.4 Å². The van der Waals surface area contributed by atoms with Crippen molar-refractivity contribution in [2.24, 2.45) is 0 Å². The minimum absolute atomic E-state index is 0.0690. The molecule has 2 aromatic heterocycles. The van der Waals surface area contributed by atoms with Crippen molar-refractivity contribution in [1.82, 2.24) is 14.9 Å². The average Bonchev–Trinajstić information content (AvgIpc) is 3.07. The van der Waals surface area contributed by atoms with Crippen LogP contribution in [0.1, 0.15) is 43.4 Å². The lowest BCUT2D eigenvalue weighted by molar-refractivity contribution is 0.0596. The number of thiocarbonyl (C=S) groups is 1. The van der Waals surface area contributed by atoms with Crippen molar-refractivity contribution in [2.45, 2.75) is 56.9 Å². The molecule has 4 heterocycles. The zero-order valence-corrected chi connectivity index (χ0v) is 20.5. The molecule has 0 amide bonds. The van der Waals surface area contributed by atoms with E-state index >= 15 is 0 Å². The second kappa shape index (κ2) is 9.64. The summed E-state index contributed by atoms with van der Waals surface area (Å²) in [5, 5.41) is 21.1. The summed E-state index contributed by atoms with van der Waals surface area (Å²) in [5.74, 6) is 0.551. The molecule has 2 aromatic rings. The molecule has 0 bridgehead atoms. The first-order valence-electron chi connectivity index (χ1n) is 12.1. The van der Waals surface area contributed by atoms with Crippen molar-refractivity contribution in [2.75, 3.05) is 36.1 Å². The molecule has 2 aliphatic heterocycles. The SMILES string of the molecule is Cc1cc(N2C(=S)N(c3ccc(OC4CCN(CCF)CC4)nc3)C3(CCC3)C2O)cnc1C#N. The van der Waals surface area contributed by atoms with Crippen LogP contribution < -0.4 is 14.5 Å². The summed E-state index contributed by atoms with van der Waals surface area (Å²) < 4.78 is 18.7. The second-order valence-corrected chi connectivity index (χ2v) is 9.86. The monoisotopic (exact) mass is 496 g/mol. The predicted octanol–water partition coefficient (Wildman–Crippen LogP) is 3.32. The number of hydrogen-bond donors (Lipinski definition) is 1. The molecule has 184 valence electrons. The number of halogens is 1. The average molecular weight is 497 g/mol. The van der Waals surface area contributed by atoms with E-state index in [1.54, 1.807) is 17.3 Å². The molecule has 1 aliphatic carbocycles. The maximum absolute atomic E-state index is 12.6. The number of aliphatic hydroxyl groups is 1. The van der Waals surface area contributed by atoms with E-state index in [1.807, 2.05) is 30.0 Å². The largest absolute Gasteiger partial charge is 0.474 e. The van der Waals surface area contributed by atoms with Crippen LogP contribution in [0, 0.1) is 18.3 Å². The van der Waals surface area contributed by atoms with Crippen molar-refractivity contribution in [3.63, 3.8) is 0 Å². The number of anilines is 2. The van der Waals surface area contributed by atoms with E-state index in [-0.39, 0.29) is 12.8 Å². The molecule has 3 fully saturated rings. The Balaban J connectivity index is 1.34. The minimum atomic E-state index is -0.830. The number of pyridine rings is 2. The van der Waals surface area contributed by atoms with Crippen molar-refractivity contribution in [3.8, 4) is 11.9 Å². The fourth-order valence-electron chi connectivity index (χ4n) is 5.32. The standard InChI is InChI=1S/C25H29FN6O2S/c1-17-13-19(16-28-21(17)14-27)31-23(33)25(7-2-8-25)32(24(31)35)18-3-4-22(29-15-18)34-20-5-10-30(11-6-20)12-9-26/h3-4,13,15-16,20,23,33H,2,5-12H2,1H3. The lowest BCUT2D eigenvalue weighted by Gasteiger charge is -2.46. The van der Waals surface area contributed by atoms with Gasteiger partial charge in [0.05, 0.1) is 29.3 Å². The van der Waals surface area contributed by atoms with Crippen LogP contribution in [0.5, 0.6) is 5.88 Å². The summed E-state index contributed by atoms with van der Waals surface area (Å²) in [6.07, 6.45) is 6.90. The lowest BCUT2D eigenvalue weighted by Crippen LogP contribution is -2.57. The van der Waals surface area contributed by atoms with Gasteiger partial charge in [-0.1, -0.05) is 0 Å². The van der Waals surface area contributed by atoms with E-state index in [0.29, 0.717) is 28.9 Å². The highest BCUT2D eigenvalue weighted by molar-refractivity contribution is 7.80. The normalized spacial score (nSPS) is 22.3. The molecule has 5 rings (SSSR count). The second-order valence-electron chi connectivity index (χ2n) is 9.49. The third-order valence-corrected chi connectivity index (χ3v) is 7.82. The van der Waals surface area contributed by atoms with E-state index in [1.165, 1.54) is 0 Å². The van der Waals surface area contributed by atoms with Gasteiger partial charge in [0, 0.05) is 25.7 Å². The molecule has 1 N–H and O–H groups in total. The predicted molar refractivity (Wildman–Crippen MR) is 134 cm³/mol. The highest BCUT2D eigenvalue weighted by Gasteiger charge is 2.59. The van der Waals surface area contributed by atoms with Gasteiger partial charge in [-0.05, 0) is 68.9 Å². The smallest absolute Gasteiger partial charge is 0.213 e. The molecule has 1 unspecified atom stereocenters. The highest BCUT2D eigenvalue weighted by Crippen LogP contribution is 2.50. The first-order chi connectivity index (χ1) is 17.0. The Morgan fingerprint density at radius 3 is 2.54 bits per heavy atom. The zero-order chi connectivity index (χ0) is 24.6. The lowest BCUT2D eigenvalue weighted by atomic mass is 9.74. The van der Waals surface area contributed by atoms with Crippen LogP contribution in [-0.2, 0) is 0 Å². The summed E-state index contributed by atoms with van der Waals surface area (Å²) >= 11 is 5.86. The molecule has 0 aromatic carbocycles. The molecule has 1 saturated carbocycles. The van der Waals surface area contributed by atoms with Crippen molar-refractivity contribution in [3.05, 3.63) is 41.9 Å². The number of aryl methyl sites for hydroxylation is 1. The Morgan fingerprint density at radius 1 is 1.23 bits per heavy atom. The first kappa shape index (κ1) is 23.9. The van der Waals surface area contributed by atoms with Gasteiger partial charge in [-0.3, -0.25) is 4.90 Å². The number of likely N-dealkylation sites (tertiary alicyclic amines) is 1. The van der Waals surface area contributed by atoms with Crippen molar-refractivity contribution < 1.29 is 14.2 Å². The quantitative estimate of drug-likeness (QED) is 0.605. The minimum Gasteiger partial charge on any atom is -0.474 e. The number of nitriles is 1. The molecule has 3 aliphatic rings. The molecule has 0 radical (unpaired) electrons. The number of ether oxygens (including phenoxy) is 1. The van der Waals surface area contributed by atoms with Crippen LogP contribution in [-0.4, -0.2) is 69.3 Å². The van der Waals surface area contributed by atoms with Crippen LogP contribution in [0.2, 0.25) is 0 Å². The fraction of sp³-hybridized carbons (Fsp3) is 0.520. The Hall–Kier alpha value is -2.87. The van der Waals surface area contributed by atoms with Crippen LogP contribution in [0.4, 0.5) is 15.8 Å². The van der Waals surface area contributed by atoms with Gasteiger partial charge in [-0.2, -0.15) is 5.26 Å². The number of hydrogen-bond acceptors (Lipinski definition) is 7. The number of nitrogens with zero attached hydrogens (tertiary/aromatic N) is 6. The Bertz CT molecular complexity index is 1130. The van der Waals surface area contributed by atoms with Crippen LogP contribution in [0.3, 0.4) is 0 Å². The molecule has 8 nitrogen and oxygen atoms in total. The number of rotatable bonds is 6. The molecule has 35 heavy (non-hydrogen) atoms. The van der Waals surface area contributed by atoms with E-state index in [9.17, 15) is 14.8 Å². The van der Waals surface area contributed by atoms with Crippen molar-refractivity contribution >= 4 is 28.7 Å². The van der Waals surface area contributed by atoms with E-state index in [0.717, 1.165) is 56.4 Å². The molecule has 1 spiro atoms. The summed E-state index contributed by atoms with van der Waals surface area (Å²) in [6, 6.07) is 7.70. The van der Waals surface area contributed by atoms with E-state index in [2.05, 4.69) is 20.9 Å². The van der Waals surface area contributed by atoms with Gasteiger partial charge in [0.1, 0.15) is 24.5 Å². The molecule has 2 saturated heterocycles. The number of aromatic nitrogens is 2. The van der Waals surface area contributed by atoms with Gasteiger partial charge < -0.3 is 19.6 Å². The van der Waals surface area contributed by atoms with Gasteiger partial charge in [0.15, 0.2) is 11.3 Å². The molecular weight excluding hydrogens is 467 g/mol. The summed E-state index contributed by atoms with van der Waals surface area (Å²) in [5.41, 5.74) is 2.04. The summed E-state index contributed by atoms with van der Waals surface area (Å²) in [4.78, 5) is 14.6. The van der Waals surface area contributed by atoms with Crippen LogP contribution in [0.15, 0.2) is 30.6 Å². The van der Waals surface area contributed by atoms with Crippen LogP contribution >= 0.6 is 12.2 Å².